The second kappa shape index (κ2) is 5.57. The predicted octanol–water partition coefficient (Wildman–Crippen LogP) is 5.31. The maximum absolute atomic E-state index is 6.19. The molecule has 2 heteroatoms. The minimum Gasteiger partial charge on any atom is -0.293 e. The van der Waals surface area contributed by atoms with Crippen molar-refractivity contribution < 1.29 is 4.84 Å². The lowest BCUT2D eigenvalue weighted by Crippen LogP contribution is -2.48. The molecule has 1 aliphatic heterocycles. The summed E-state index contributed by atoms with van der Waals surface area (Å²) < 4.78 is 0. The Labute approximate surface area is 148 Å². The van der Waals surface area contributed by atoms with E-state index in [0.29, 0.717) is 17.9 Å². The zero-order chi connectivity index (χ0) is 17.9. The molecule has 2 nitrogen and oxygen atoms in total. The van der Waals surface area contributed by atoms with Crippen molar-refractivity contribution in [2.75, 3.05) is 7.05 Å². The van der Waals surface area contributed by atoms with Crippen molar-refractivity contribution in [3.8, 4) is 0 Å². The largest absolute Gasteiger partial charge is 0.293 e. The summed E-state index contributed by atoms with van der Waals surface area (Å²) in [5.74, 6) is 1.22. The molecule has 1 heterocycles. The van der Waals surface area contributed by atoms with Gasteiger partial charge in [0.05, 0.1) is 5.60 Å². The van der Waals surface area contributed by atoms with Gasteiger partial charge < -0.3 is 0 Å². The molecule has 2 fully saturated rings. The molecule has 0 amide bonds. The third kappa shape index (κ3) is 2.93. The van der Waals surface area contributed by atoms with E-state index in [0.717, 1.165) is 0 Å². The Morgan fingerprint density at radius 2 is 1.62 bits per heavy atom. The van der Waals surface area contributed by atoms with E-state index in [1.807, 2.05) is 0 Å². The van der Waals surface area contributed by atoms with Gasteiger partial charge in [-0.1, -0.05) is 58.9 Å². The van der Waals surface area contributed by atoms with E-state index in [2.05, 4.69) is 84.8 Å². The Morgan fingerprint density at radius 1 is 1.04 bits per heavy atom. The molecule has 0 bridgehead atoms. The van der Waals surface area contributed by atoms with E-state index >= 15 is 0 Å². The number of nitrogens with zero attached hydrogens (tertiary/aromatic N) is 1. The quantitative estimate of drug-likeness (QED) is 0.692. The topological polar surface area (TPSA) is 12.5 Å². The summed E-state index contributed by atoms with van der Waals surface area (Å²) in [6.45, 7) is 16.2. The lowest BCUT2D eigenvalue weighted by atomic mass is 9.59. The predicted molar refractivity (Wildman–Crippen MR) is 101 cm³/mol. The lowest BCUT2D eigenvalue weighted by Gasteiger charge is -2.46. The van der Waals surface area contributed by atoms with E-state index in [9.17, 15) is 0 Å². The zero-order valence-electron chi connectivity index (χ0n) is 16.8. The normalized spacial score (nSPS) is 36.6. The molecular formula is C22H35NO. The highest BCUT2D eigenvalue weighted by atomic mass is 16.7. The first-order valence-corrected chi connectivity index (χ1v) is 9.47. The standard InChI is InChI=1S/C22H35NO/c1-15-13-22(7,14-18-19(15)23(8)24-21(18,5)6)17-11-9-16(10-12-17)20(2,3)4/h9-12,15,18-19H,13-14H2,1-8H3. The van der Waals surface area contributed by atoms with Crippen molar-refractivity contribution in [1.29, 1.82) is 0 Å². The van der Waals surface area contributed by atoms with E-state index in [4.69, 9.17) is 4.84 Å². The molecule has 1 saturated carbocycles. The van der Waals surface area contributed by atoms with Crippen LogP contribution in [-0.4, -0.2) is 23.8 Å². The summed E-state index contributed by atoms with van der Waals surface area (Å²) in [6, 6.07) is 9.96. The Morgan fingerprint density at radius 3 is 2.17 bits per heavy atom. The van der Waals surface area contributed by atoms with Crippen LogP contribution in [-0.2, 0) is 15.7 Å². The van der Waals surface area contributed by atoms with Gasteiger partial charge in [0.15, 0.2) is 0 Å². The van der Waals surface area contributed by atoms with Crippen LogP contribution in [0.5, 0.6) is 0 Å². The first kappa shape index (κ1) is 17.9. The molecule has 1 saturated heterocycles. The van der Waals surface area contributed by atoms with Crippen LogP contribution in [0.2, 0.25) is 0 Å². The van der Waals surface area contributed by atoms with E-state index < -0.39 is 0 Å². The van der Waals surface area contributed by atoms with Crippen LogP contribution >= 0.6 is 0 Å². The van der Waals surface area contributed by atoms with Gasteiger partial charge in [0, 0.05) is 19.0 Å². The van der Waals surface area contributed by atoms with Gasteiger partial charge in [-0.15, -0.1) is 0 Å². The van der Waals surface area contributed by atoms with Crippen molar-refractivity contribution >= 4 is 0 Å². The molecule has 1 aromatic carbocycles. The van der Waals surface area contributed by atoms with Gasteiger partial charge in [0.25, 0.3) is 0 Å². The van der Waals surface area contributed by atoms with E-state index in [1.165, 1.54) is 24.0 Å². The fourth-order valence-corrected chi connectivity index (χ4v) is 5.29. The molecule has 0 N–H and O–H groups in total. The Balaban J connectivity index is 1.91. The van der Waals surface area contributed by atoms with Crippen molar-refractivity contribution in [2.45, 2.75) is 83.8 Å². The van der Waals surface area contributed by atoms with E-state index in [-0.39, 0.29) is 16.4 Å². The maximum atomic E-state index is 6.19. The summed E-state index contributed by atoms with van der Waals surface area (Å²) in [5, 5.41) is 2.14. The van der Waals surface area contributed by atoms with Crippen LogP contribution in [0.25, 0.3) is 0 Å². The van der Waals surface area contributed by atoms with E-state index in [1.54, 1.807) is 0 Å². The minimum atomic E-state index is -0.0687. The summed E-state index contributed by atoms with van der Waals surface area (Å²) in [4.78, 5) is 6.19. The SMILES string of the molecule is CC1CC(C)(c2ccc(C(C)(C)C)cc2)CC2C1N(C)OC2(C)C. The number of benzene rings is 1. The zero-order valence-corrected chi connectivity index (χ0v) is 16.8. The van der Waals surface area contributed by atoms with Gasteiger partial charge in [0.1, 0.15) is 0 Å². The number of hydroxylamine groups is 2. The van der Waals surface area contributed by atoms with Crippen LogP contribution in [0.4, 0.5) is 0 Å². The van der Waals surface area contributed by atoms with Crippen LogP contribution in [0.3, 0.4) is 0 Å². The van der Waals surface area contributed by atoms with Gasteiger partial charge in [-0.2, -0.15) is 5.06 Å². The van der Waals surface area contributed by atoms with Gasteiger partial charge in [-0.3, -0.25) is 4.84 Å². The van der Waals surface area contributed by atoms with Crippen molar-refractivity contribution in [3.05, 3.63) is 35.4 Å². The molecule has 4 atom stereocenters. The first-order valence-electron chi connectivity index (χ1n) is 9.47. The molecule has 0 spiro atoms. The van der Waals surface area contributed by atoms with Gasteiger partial charge in [0.2, 0.25) is 0 Å². The number of rotatable bonds is 1. The minimum absolute atomic E-state index is 0.0687. The molecule has 0 aromatic heterocycles. The highest BCUT2D eigenvalue weighted by Crippen LogP contribution is 2.53. The van der Waals surface area contributed by atoms with Gasteiger partial charge >= 0.3 is 0 Å². The Kier molecular flexibility index (Phi) is 4.17. The third-order valence-corrected chi connectivity index (χ3v) is 6.58. The molecule has 3 rings (SSSR count). The van der Waals surface area contributed by atoms with Crippen LogP contribution in [0.1, 0.15) is 72.4 Å². The molecule has 1 aromatic rings. The molecule has 2 aliphatic rings. The molecule has 0 radical (unpaired) electrons. The smallest absolute Gasteiger partial charge is 0.0887 e. The summed E-state index contributed by atoms with van der Waals surface area (Å²) >= 11 is 0. The van der Waals surface area contributed by atoms with Gasteiger partial charge in [-0.05, 0) is 54.6 Å². The summed E-state index contributed by atoms with van der Waals surface area (Å²) in [6.07, 6.45) is 2.43. The molecule has 134 valence electrons. The number of hydrogen-bond donors (Lipinski definition) is 0. The summed E-state index contributed by atoms with van der Waals surface area (Å²) in [7, 11) is 2.11. The average Bonchev–Trinajstić information content (AvgIpc) is 2.67. The first-order chi connectivity index (χ1) is 10.9. The van der Waals surface area contributed by atoms with Crippen molar-refractivity contribution in [2.24, 2.45) is 11.8 Å². The second-order valence-corrected chi connectivity index (χ2v) is 10.1. The van der Waals surface area contributed by atoms with Crippen LogP contribution < -0.4 is 0 Å². The fraction of sp³-hybridized carbons (Fsp3) is 0.727. The average molecular weight is 330 g/mol. The molecule has 24 heavy (non-hydrogen) atoms. The molecule has 4 unspecified atom stereocenters. The summed E-state index contributed by atoms with van der Waals surface area (Å²) in [5.41, 5.74) is 3.30. The van der Waals surface area contributed by atoms with Crippen molar-refractivity contribution in [1.82, 2.24) is 5.06 Å². The molecular weight excluding hydrogens is 294 g/mol. The highest BCUT2D eigenvalue weighted by molar-refractivity contribution is 5.33. The maximum Gasteiger partial charge on any atom is 0.0887 e. The molecule has 1 aliphatic carbocycles. The fourth-order valence-electron chi connectivity index (χ4n) is 5.29. The van der Waals surface area contributed by atoms with Crippen LogP contribution in [0.15, 0.2) is 24.3 Å². The third-order valence-electron chi connectivity index (χ3n) is 6.58. The monoisotopic (exact) mass is 329 g/mol. The second-order valence-electron chi connectivity index (χ2n) is 10.1. The van der Waals surface area contributed by atoms with Crippen LogP contribution in [0, 0.1) is 11.8 Å². The Hall–Kier alpha value is -0.860. The van der Waals surface area contributed by atoms with Crippen molar-refractivity contribution in [3.63, 3.8) is 0 Å². The van der Waals surface area contributed by atoms with Gasteiger partial charge in [-0.25, -0.2) is 0 Å². The lowest BCUT2D eigenvalue weighted by molar-refractivity contribution is -0.182. The Bertz CT molecular complexity index is 597. The highest BCUT2D eigenvalue weighted by Gasteiger charge is 2.55. The number of hydrogen-bond acceptors (Lipinski definition) is 2. The number of fused-ring (bicyclic) bond motifs is 1.